The maximum Gasteiger partial charge on any atom is 0.235 e. The highest BCUT2D eigenvalue weighted by molar-refractivity contribution is 14.0. The monoisotopic (exact) mass is 504 g/mol. The van der Waals surface area contributed by atoms with Crippen LogP contribution in [0.15, 0.2) is 47.5 Å². The van der Waals surface area contributed by atoms with E-state index in [2.05, 4.69) is 10.3 Å². The number of nitrogens with zero attached hydrogens (tertiary/aromatic N) is 2. The zero-order chi connectivity index (χ0) is 18.7. The minimum absolute atomic E-state index is 0. The molecule has 0 bridgehead atoms. The molecule has 1 saturated heterocycles. The Labute approximate surface area is 175 Å². The van der Waals surface area contributed by atoms with Crippen LogP contribution in [0.1, 0.15) is 17.5 Å². The Hall–Kier alpha value is -1.88. The van der Waals surface area contributed by atoms with Crippen LogP contribution in [0.3, 0.4) is 0 Å². The van der Waals surface area contributed by atoms with Gasteiger partial charge in [0.1, 0.15) is 5.82 Å². The van der Waals surface area contributed by atoms with Crippen molar-refractivity contribution in [2.75, 3.05) is 21.9 Å². The first kappa shape index (κ1) is 21.4. The molecule has 0 unspecified atom stereocenters. The number of hydrogen-bond acceptors (Lipinski definition) is 3. The molecule has 2 aromatic rings. The third-order valence-electron chi connectivity index (χ3n) is 4.10. The Bertz CT molecular complexity index is 950. The van der Waals surface area contributed by atoms with E-state index in [4.69, 9.17) is 5.73 Å². The first-order valence-corrected chi connectivity index (χ1v) is 9.88. The summed E-state index contributed by atoms with van der Waals surface area (Å²) >= 11 is 0. The summed E-state index contributed by atoms with van der Waals surface area (Å²) in [5, 5.41) is 2.98. The van der Waals surface area contributed by atoms with Crippen molar-refractivity contribution in [3.63, 3.8) is 0 Å². The summed E-state index contributed by atoms with van der Waals surface area (Å²) in [5.41, 5.74) is 8.48. The fraction of sp³-hybridized carbons (Fsp3) is 0.278. The van der Waals surface area contributed by atoms with Crippen molar-refractivity contribution in [3.8, 4) is 0 Å². The van der Waals surface area contributed by atoms with Crippen LogP contribution in [-0.4, -0.2) is 26.7 Å². The van der Waals surface area contributed by atoms with Gasteiger partial charge in [-0.25, -0.2) is 17.8 Å². The Balaban J connectivity index is 0.00000261. The summed E-state index contributed by atoms with van der Waals surface area (Å²) in [6.45, 7) is 2.47. The molecular formula is C18H22FIN4O2S. The summed E-state index contributed by atoms with van der Waals surface area (Å²) in [4.78, 5) is 4.20. The van der Waals surface area contributed by atoms with Gasteiger partial charge in [0, 0.05) is 12.2 Å². The first-order valence-electron chi connectivity index (χ1n) is 8.27. The number of aliphatic imine (C=N–C) groups is 1. The lowest BCUT2D eigenvalue weighted by Crippen LogP contribution is -2.26. The highest BCUT2D eigenvalue weighted by Crippen LogP contribution is 2.27. The second-order valence-corrected chi connectivity index (χ2v) is 8.24. The zero-order valence-electron chi connectivity index (χ0n) is 14.9. The van der Waals surface area contributed by atoms with Crippen molar-refractivity contribution in [1.82, 2.24) is 0 Å². The predicted octanol–water partition coefficient (Wildman–Crippen LogP) is 3.22. The fourth-order valence-corrected chi connectivity index (χ4v) is 4.42. The Morgan fingerprint density at radius 3 is 2.70 bits per heavy atom. The molecular weight excluding hydrogens is 482 g/mol. The maximum atomic E-state index is 14.4. The number of nitrogens with two attached hydrogens (primary N) is 1. The van der Waals surface area contributed by atoms with Crippen LogP contribution in [0.5, 0.6) is 0 Å². The minimum atomic E-state index is -3.40. The van der Waals surface area contributed by atoms with Gasteiger partial charge in [-0.3, -0.25) is 4.31 Å². The van der Waals surface area contributed by atoms with E-state index in [0.29, 0.717) is 18.5 Å². The van der Waals surface area contributed by atoms with Gasteiger partial charge in [-0.1, -0.05) is 18.2 Å². The average molecular weight is 504 g/mol. The van der Waals surface area contributed by atoms with Gasteiger partial charge in [-0.05, 0) is 48.7 Å². The maximum absolute atomic E-state index is 14.4. The molecule has 0 spiro atoms. The molecule has 1 heterocycles. The van der Waals surface area contributed by atoms with Crippen molar-refractivity contribution >= 4 is 51.3 Å². The van der Waals surface area contributed by atoms with Gasteiger partial charge in [0.15, 0.2) is 5.96 Å². The molecule has 0 amide bonds. The molecule has 146 valence electrons. The van der Waals surface area contributed by atoms with Gasteiger partial charge in [-0.15, -0.1) is 24.0 Å². The van der Waals surface area contributed by atoms with Crippen LogP contribution < -0.4 is 15.4 Å². The molecule has 1 fully saturated rings. The molecule has 0 saturated carbocycles. The molecule has 0 radical (unpaired) electrons. The minimum Gasteiger partial charge on any atom is -0.370 e. The van der Waals surface area contributed by atoms with Crippen LogP contribution in [0.25, 0.3) is 0 Å². The van der Waals surface area contributed by atoms with E-state index in [1.165, 1.54) is 12.1 Å². The number of hydrogen-bond donors (Lipinski definition) is 2. The molecule has 6 nitrogen and oxygen atoms in total. The largest absolute Gasteiger partial charge is 0.370 e. The second-order valence-electron chi connectivity index (χ2n) is 6.22. The number of anilines is 2. The predicted molar refractivity (Wildman–Crippen MR) is 118 cm³/mol. The Morgan fingerprint density at radius 1 is 1.30 bits per heavy atom. The van der Waals surface area contributed by atoms with Crippen molar-refractivity contribution < 1.29 is 12.8 Å². The average Bonchev–Trinajstić information content (AvgIpc) is 2.92. The lowest BCUT2D eigenvalue weighted by Gasteiger charge is -2.17. The smallest absolute Gasteiger partial charge is 0.235 e. The molecule has 0 aromatic heterocycles. The molecule has 3 N–H and O–H groups in total. The van der Waals surface area contributed by atoms with Crippen molar-refractivity contribution in [2.24, 2.45) is 10.7 Å². The third kappa shape index (κ3) is 5.32. The summed E-state index contributed by atoms with van der Waals surface area (Å²) in [7, 11) is -3.40. The summed E-state index contributed by atoms with van der Waals surface area (Å²) in [5.74, 6) is -0.296. The van der Waals surface area contributed by atoms with Crippen LogP contribution in [0.4, 0.5) is 15.8 Å². The van der Waals surface area contributed by atoms with E-state index in [0.717, 1.165) is 15.6 Å². The highest BCUT2D eigenvalue weighted by Gasteiger charge is 2.30. The number of guanidine groups is 1. The number of halogens is 2. The van der Waals surface area contributed by atoms with E-state index in [1.807, 2.05) is 31.2 Å². The van der Waals surface area contributed by atoms with Gasteiger partial charge in [0.05, 0.1) is 18.0 Å². The Morgan fingerprint density at radius 2 is 2.07 bits per heavy atom. The van der Waals surface area contributed by atoms with Gasteiger partial charge >= 0.3 is 0 Å². The quantitative estimate of drug-likeness (QED) is 0.381. The summed E-state index contributed by atoms with van der Waals surface area (Å²) < 4.78 is 39.3. The van der Waals surface area contributed by atoms with Crippen LogP contribution in [0, 0.1) is 12.7 Å². The van der Waals surface area contributed by atoms with Gasteiger partial charge in [0.2, 0.25) is 10.0 Å². The fourth-order valence-electron chi connectivity index (χ4n) is 2.85. The molecule has 1 aliphatic rings. The van der Waals surface area contributed by atoms with Gasteiger partial charge in [0.25, 0.3) is 0 Å². The molecule has 0 atom stereocenters. The Kier molecular flexibility index (Phi) is 7.04. The molecule has 0 aliphatic carbocycles. The van der Waals surface area contributed by atoms with Crippen molar-refractivity contribution in [1.29, 1.82) is 0 Å². The zero-order valence-corrected chi connectivity index (χ0v) is 18.0. The SMILES string of the molecule is Cc1cccc(NC(N)=NCc2ccc(N3CCCS3(=O)=O)c(F)c2)c1.I. The van der Waals surface area contributed by atoms with E-state index < -0.39 is 15.8 Å². The number of nitrogens with one attached hydrogen (secondary N) is 1. The molecule has 1 aliphatic heterocycles. The molecule has 27 heavy (non-hydrogen) atoms. The highest BCUT2D eigenvalue weighted by atomic mass is 127. The molecule has 9 heteroatoms. The summed E-state index contributed by atoms with van der Waals surface area (Å²) in [6.07, 6.45) is 0.509. The van der Waals surface area contributed by atoms with E-state index in [9.17, 15) is 12.8 Å². The standard InChI is InChI=1S/C18H21FN4O2S.HI/c1-13-4-2-5-15(10-13)22-18(20)21-12-14-6-7-17(16(19)11-14)23-8-3-9-26(23,24)25;/h2,4-7,10-11H,3,8-9,12H2,1H3,(H3,20,21,22);1H. The third-order valence-corrected chi connectivity index (χ3v) is 5.96. The van der Waals surface area contributed by atoms with Crippen LogP contribution in [0.2, 0.25) is 0 Å². The first-order chi connectivity index (χ1) is 12.3. The van der Waals surface area contributed by atoms with Crippen LogP contribution >= 0.6 is 24.0 Å². The van der Waals surface area contributed by atoms with E-state index in [1.54, 1.807) is 6.07 Å². The van der Waals surface area contributed by atoms with Crippen molar-refractivity contribution in [2.45, 2.75) is 19.9 Å². The second kappa shape index (κ2) is 8.87. The van der Waals surface area contributed by atoms with E-state index in [-0.39, 0.29) is 47.9 Å². The van der Waals surface area contributed by atoms with Gasteiger partial charge in [-0.2, -0.15) is 0 Å². The van der Waals surface area contributed by atoms with E-state index >= 15 is 0 Å². The molecule has 3 rings (SSSR count). The van der Waals surface area contributed by atoms with Crippen LogP contribution in [-0.2, 0) is 16.6 Å². The number of sulfonamides is 1. The van der Waals surface area contributed by atoms with Gasteiger partial charge < -0.3 is 11.1 Å². The number of rotatable bonds is 4. The number of benzene rings is 2. The van der Waals surface area contributed by atoms with Crippen molar-refractivity contribution in [3.05, 3.63) is 59.4 Å². The lowest BCUT2D eigenvalue weighted by atomic mass is 10.2. The molecule has 2 aromatic carbocycles. The lowest BCUT2D eigenvalue weighted by molar-refractivity contribution is 0.594. The normalized spacial score (nSPS) is 16.1. The topological polar surface area (TPSA) is 87.8 Å². The number of aryl methyl sites for hydroxylation is 1. The summed E-state index contributed by atoms with van der Waals surface area (Å²) in [6, 6.07) is 12.1.